The fraction of sp³-hybridized carbons (Fsp3) is 0.250. The first-order valence-electron chi connectivity index (χ1n) is 9.46. The van der Waals surface area contributed by atoms with E-state index in [9.17, 15) is 4.79 Å². The fourth-order valence-corrected chi connectivity index (χ4v) is 3.33. The summed E-state index contributed by atoms with van der Waals surface area (Å²) in [5.74, 6) is 0.602. The molecule has 0 fully saturated rings. The largest absolute Gasteiger partial charge is 0.497 e. The minimum absolute atomic E-state index is 0.181. The molecule has 3 aromatic rings. The minimum atomic E-state index is -0.181. The van der Waals surface area contributed by atoms with Gasteiger partial charge in [-0.1, -0.05) is 30.3 Å². The minimum Gasteiger partial charge on any atom is -0.497 e. The Hall–Kier alpha value is -3.14. The molecule has 0 N–H and O–H groups in total. The van der Waals surface area contributed by atoms with Crippen LogP contribution in [0.4, 0.5) is 0 Å². The van der Waals surface area contributed by atoms with Crippen LogP contribution in [-0.2, 0) is 16.0 Å². The second-order valence-electron chi connectivity index (χ2n) is 6.60. The standard InChI is InChI=1S/C24H25NO3/c1-4-28-24(26)12-8-19-15-21(27-3)9-11-23(19)18-7-10-22(17(2)14-18)20-6-5-13-25-16-20/h5-7,9-11,13-16H,4,8,12H2,1-3H3. The topological polar surface area (TPSA) is 48.4 Å². The molecule has 0 aliphatic carbocycles. The Kier molecular flexibility index (Phi) is 6.43. The van der Waals surface area contributed by atoms with Gasteiger partial charge in [0.05, 0.1) is 13.7 Å². The highest BCUT2D eigenvalue weighted by molar-refractivity contribution is 5.76. The van der Waals surface area contributed by atoms with Crippen LogP contribution in [0.25, 0.3) is 22.3 Å². The number of pyridine rings is 1. The molecule has 2 aromatic carbocycles. The molecule has 1 aromatic heterocycles. The van der Waals surface area contributed by atoms with Crippen LogP contribution < -0.4 is 4.74 Å². The van der Waals surface area contributed by atoms with Gasteiger partial charge in [0.2, 0.25) is 0 Å². The van der Waals surface area contributed by atoms with Crippen LogP contribution in [0.5, 0.6) is 5.75 Å². The molecule has 0 spiro atoms. The number of esters is 1. The number of carbonyl (C=O) groups excluding carboxylic acids is 1. The maximum atomic E-state index is 11.8. The Labute approximate surface area is 166 Å². The smallest absolute Gasteiger partial charge is 0.306 e. The van der Waals surface area contributed by atoms with E-state index in [0.717, 1.165) is 28.0 Å². The lowest BCUT2D eigenvalue weighted by Crippen LogP contribution is -2.06. The molecule has 4 heteroatoms. The molecule has 0 saturated heterocycles. The van der Waals surface area contributed by atoms with Crippen molar-refractivity contribution in [3.8, 4) is 28.0 Å². The van der Waals surface area contributed by atoms with Crippen LogP contribution in [0.15, 0.2) is 60.9 Å². The SMILES string of the molecule is CCOC(=O)CCc1cc(OC)ccc1-c1ccc(-c2cccnc2)c(C)c1. The Bertz CT molecular complexity index is 951. The summed E-state index contributed by atoms with van der Waals surface area (Å²) in [5.41, 5.74) is 6.73. The Morgan fingerprint density at radius 1 is 1.04 bits per heavy atom. The average molecular weight is 375 g/mol. The van der Waals surface area contributed by atoms with Crippen molar-refractivity contribution in [3.63, 3.8) is 0 Å². The van der Waals surface area contributed by atoms with Crippen LogP contribution in [0, 0.1) is 6.92 Å². The van der Waals surface area contributed by atoms with Crippen molar-refractivity contribution in [1.82, 2.24) is 4.98 Å². The number of carbonyl (C=O) groups is 1. The summed E-state index contributed by atoms with van der Waals surface area (Å²) in [6.45, 7) is 4.33. The van der Waals surface area contributed by atoms with E-state index in [2.05, 4.69) is 42.2 Å². The molecule has 0 aliphatic heterocycles. The summed E-state index contributed by atoms with van der Waals surface area (Å²) in [6, 6.07) is 16.4. The van der Waals surface area contributed by atoms with E-state index in [-0.39, 0.29) is 5.97 Å². The molecule has 0 atom stereocenters. The average Bonchev–Trinajstić information content (AvgIpc) is 2.73. The summed E-state index contributed by atoms with van der Waals surface area (Å²) in [4.78, 5) is 16.0. The highest BCUT2D eigenvalue weighted by Gasteiger charge is 2.12. The molecular formula is C24H25NO3. The molecular weight excluding hydrogens is 350 g/mol. The highest BCUT2D eigenvalue weighted by atomic mass is 16.5. The highest BCUT2D eigenvalue weighted by Crippen LogP contribution is 2.32. The molecule has 4 nitrogen and oxygen atoms in total. The fourth-order valence-electron chi connectivity index (χ4n) is 3.33. The first-order valence-corrected chi connectivity index (χ1v) is 9.46. The molecule has 0 aliphatic rings. The molecule has 0 unspecified atom stereocenters. The van der Waals surface area contributed by atoms with E-state index in [0.29, 0.717) is 19.4 Å². The quantitative estimate of drug-likeness (QED) is 0.531. The van der Waals surface area contributed by atoms with Gasteiger partial charge in [0.25, 0.3) is 0 Å². The normalized spacial score (nSPS) is 10.5. The third-order valence-corrected chi connectivity index (χ3v) is 4.73. The van der Waals surface area contributed by atoms with Crippen LogP contribution in [-0.4, -0.2) is 24.7 Å². The van der Waals surface area contributed by atoms with Crippen molar-refractivity contribution in [3.05, 3.63) is 72.1 Å². The van der Waals surface area contributed by atoms with Crippen LogP contribution in [0.3, 0.4) is 0 Å². The Balaban J connectivity index is 1.94. The van der Waals surface area contributed by atoms with Gasteiger partial charge in [0, 0.05) is 24.4 Å². The zero-order chi connectivity index (χ0) is 19.9. The third kappa shape index (κ3) is 4.58. The van der Waals surface area contributed by atoms with E-state index in [4.69, 9.17) is 9.47 Å². The van der Waals surface area contributed by atoms with Crippen molar-refractivity contribution in [2.24, 2.45) is 0 Å². The van der Waals surface area contributed by atoms with E-state index in [1.54, 1.807) is 13.3 Å². The van der Waals surface area contributed by atoms with Crippen molar-refractivity contribution in [2.45, 2.75) is 26.7 Å². The monoisotopic (exact) mass is 375 g/mol. The summed E-state index contributed by atoms with van der Waals surface area (Å²) in [6.07, 6.45) is 4.61. The van der Waals surface area contributed by atoms with Crippen molar-refractivity contribution in [1.29, 1.82) is 0 Å². The summed E-state index contributed by atoms with van der Waals surface area (Å²) >= 11 is 0. The molecule has 0 radical (unpaired) electrons. The van der Waals surface area contributed by atoms with Gasteiger partial charge in [0.1, 0.15) is 5.75 Å². The number of rotatable bonds is 7. The maximum absolute atomic E-state index is 11.8. The van der Waals surface area contributed by atoms with Crippen molar-refractivity contribution in [2.75, 3.05) is 13.7 Å². The zero-order valence-corrected chi connectivity index (χ0v) is 16.6. The van der Waals surface area contributed by atoms with E-state index in [1.165, 1.54) is 11.1 Å². The summed E-state index contributed by atoms with van der Waals surface area (Å²) in [5, 5.41) is 0. The Morgan fingerprint density at radius 3 is 2.54 bits per heavy atom. The van der Waals surface area contributed by atoms with Gasteiger partial charge in [0.15, 0.2) is 0 Å². The predicted molar refractivity (Wildman–Crippen MR) is 111 cm³/mol. The van der Waals surface area contributed by atoms with E-state index >= 15 is 0 Å². The lowest BCUT2D eigenvalue weighted by Gasteiger charge is -2.14. The molecule has 144 valence electrons. The van der Waals surface area contributed by atoms with Gasteiger partial charge in [-0.15, -0.1) is 0 Å². The van der Waals surface area contributed by atoms with E-state index in [1.807, 2.05) is 31.3 Å². The van der Waals surface area contributed by atoms with Crippen molar-refractivity contribution >= 4 is 5.97 Å². The number of methoxy groups -OCH3 is 1. The second-order valence-corrected chi connectivity index (χ2v) is 6.60. The predicted octanol–water partition coefficient (Wildman–Crippen LogP) is 5.23. The van der Waals surface area contributed by atoms with Gasteiger partial charge < -0.3 is 9.47 Å². The van der Waals surface area contributed by atoms with Gasteiger partial charge in [-0.2, -0.15) is 0 Å². The summed E-state index contributed by atoms with van der Waals surface area (Å²) < 4.78 is 10.5. The van der Waals surface area contributed by atoms with Crippen LogP contribution >= 0.6 is 0 Å². The van der Waals surface area contributed by atoms with Crippen molar-refractivity contribution < 1.29 is 14.3 Å². The van der Waals surface area contributed by atoms with Crippen LogP contribution in [0.1, 0.15) is 24.5 Å². The molecule has 3 rings (SSSR count). The number of ether oxygens (including phenoxy) is 2. The molecule has 0 amide bonds. The van der Waals surface area contributed by atoms with Gasteiger partial charge in [-0.3, -0.25) is 9.78 Å². The Morgan fingerprint density at radius 2 is 1.86 bits per heavy atom. The number of hydrogen-bond acceptors (Lipinski definition) is 4. The number of hydrogen-bond donors (Lipinski definition) is 0. The number of aryl methyl sites for hydroxylation is 2. The zero-order valence-electron chi connectivity index (χ0n) is 16.6. The third-order valence-electron chi connectivity index (χ3n) is 4.73. The van der Waals surface area contributed by atoms with Crippen LogP contribution in [0.2, 0.25) is 0 Å². The summed E-state index contributed by atoms with van der Waals surface area (Å²) in [7, 11) is 1.65. The maximum Gasteiger partial charge on any atom is 0.306 e. The van der Waals surface area contributed by atoms with Gasteiger partial charge in [-0.25, -0.2) is 0 Å². The number of nitrogens with zero attached hydrogens (tertiary/aromatic N) is 1. The lowest BCUT2D eigenvalue weighted by atomic mass is 9.92. The van der Waals surface area contributed by atoms with Gasteiger partial charge in [-0.05, 0) is 66.3 Å². The number of benzene rings is 2. The first kappa shape index (κ1) is 19.6. The number of aromatic nitrogens is 1. The lowest BCUT2D eigenvalue weighted by molar-refractivity contribution is -0.143. The molecule has 1 heterocycles. The molecule has 0 saturated carbocycles. The molecule has 0 bridgehead atoms. The van der Waals surface area contributed by atoms with Gasteiger partial charge >= 0.3 is 5.97 Å². The second kappa shape index (κ2) is 9.18. The first-order chi connectivity index (χ1) is 13.6. The molecule has 28 heavy (non-hydrogen) atoms. The van der Waals surface area contributed by atoms with E-state index < -0.39 is 0 Å².